The summed E-state index contributed by atoms with van der Waals surface area (Å²) in [5, 5.41) is 8.63. The highest BCUT2D eigenvalue weighted by Gasteiger charge is 2.19. The van der Waals surface area contributed by atoms with E-state index in [4.69, 9.17) is 10.8 Å². The number of hydrogen-bond acceptors (Lipinski definition) is 4. The van der Waals surface area contributed by atoms with Crippen molar-refractivity contribution in [2.75, 3.05) is 5.73 Å². The van der Waals surface area contributed by atoms with Gasteiger partial charge in [-0.25, -0.2) is 4.57 Å². The van der Waals surface area contributed by atoms with Gasteiger partial charge in [0.25, 0.3) is 11.5 Å². The third kappa shape index (κ3) is 1.96. The Hall–Kier alpha value is -2.38. The summed E-state index contributed by atoms with van der Waals surface area (Å²) in [5.41, 5.74) is 5.86. The lowest BCUT2D eigenvalue weighted by Crippen LogP contribution is -2.34. The van der Waals surface area contributed by atoms with Gasteiger partial charge in [-0.2, -0.15) is 0 Å². The van der Waals surface area contributed by atoms with Crippen molar-refractivity contribution in [3.8, 4) is 0 Å². The third-order valence-electron chi connectivity index (χ3n) is 2.40. The van der Waals surface area contributed by atoms with Crippen LogP contribution in [0.1, 0.15) is 6.42 Å². The van der Waals surface area contributed by atoms with Gasteiger partial charge in [-0.3, -0.25) is 19.1 Å². The van der Waals surface area contributed by atoms with Crippen LogP contribution in [-0.4, -0.2) is 25.6 Å². The Kier molecular flexibility index (Phi) is 2.54. The van der Waals surface area contributed by atoms with Gasteiger partial charge in [0, 0.05) is 0 Å². The van der Waals surface area contributed by atoms with Crippen molar-refractivity contribution in [3.05, 3.63) is 16.7 Å². The Bertz CT molecular complexity index is 642. The summed E-state index contributed by atoms with van der Waals surface area (Å²) in [4.78, 5) is 28.6. The summed E-state index contributed by atoms with van der Waals surface area (Å²) in [7, 11) is 1.69. The van der Waals surface area contributed by atoms with Gasteiger partial charge in [0.15, 0.2) is 6.33 Å². The van der Waals surface area contributed by atoms with Crippen LogP contribution in [0.2, 0.25) is 0 Å². The van der Waals surface area contributed by atoms with E-state index in [2.05, 4.69) is 9.97 Å². The summed E-state index contributed by atoms with van der Waals surface area (Å²) >= 11 is 0. The van der Waals surface area contributed by atoms with Gasteiger partial charge < -0.3 is 10.8 Å². The van der Waals surface area contributed by atoms with E-state index in [0.717, 1.165) is 0 Å². The molecule has 0 saturated heterocycles. The number of hydrogen-bond donors (Lipinski definition) is 3. The SMILES string of the molecule is Cn1c[n+](CCC(=O)O)c2nc(N)[nH]c(=O)c21. The highest BCUT2D eigenvalue weighted by molar-refractivity contribution is 5.68. The summed E-state index contributed by atoms with van der Waals surface area (Å²) in [6, 6.07) is 0. The van der Waals surface area contributed by atoms with Crippen LogP contribution < -0.4 is 15.9 Å². The number of nitrogens with zero attached hydrogens (tertiary/aromatic N) is 3. The Morgan fingerprint density at radius 1 is 1.71 bits per heavy atom. The molecule has 0 amide bonds. The molecule has 8 nitrogen and oxygen atoms in total. The van der Waals surface area contributed by atoms with E-state index in [1.807, 2.05) is 0 Å². The molecule has 0 aliphatic rings. The topological polar surface area (TPSA) is 118 Å². The predicted octanol–water partition coefficient (Wildman–Crippen LogP) is -1.39. The first-order valence-electron chi connectivity index (χ1n) is 4.95. The standard InChI is InChI=1S/C9H11N5O3/c1-13-4-14(3-2-5(15)16)7-6(13)8(17)12-9(10)11-7/h4H,2-3H2,1H3,(H3-,10,11,12,15,16,17)/p+1. The lowest BCUT2D eigenvalue weighted by atomic mass is 10.4. The zero-order chi connectivity index (χ0) is 12.6. The summed E-state index contributed by atoms with van der Waals surface area (Å²) in [5.74, 6) is -0.898. The van der Waals surface area contributed by atoms with Crippen LogP contribution in [0.4, 0.5) is 5.95 Å². The molecule has 0 aliphatic heterocycles. The van der Waals surface area contributed by atoms with Crippen LogP contribution in [0.25, 0.3) is 11.2 Å². The fourth-order valence-electron chi connectivity index (χ4n) is 1.69. The summed E-state index contributed by atoms with van der Waals surface area (Å²) < 4.78 is 3.18. The Morgan fingerprint density at radius 3 is 3.06 bits per heavy atom. The van der Waals surface area contributed by atoms with E-state index in [-0.39, 0.29) is 24.5 Å². The van der Waals surface area contributed by atoms with Crippen molar-refractivity contribution >= 4 is 23.1 Å². The first-order chi connectivity index (χ1) is 7.99. The normalized spacial score (nSPS) is 10.9. The van der Waals surface area contributed by atoms with Crippen LogP contribution in [-0.2, 0) is 18.4 Å². The van der Waals surface area contributed by atoms with E-state index >= 15 is 0 Å². The molecule has 2 aromatic rings. The van der Waals surface area contributed by atoms with Gasteiger partial charge in [-0.1, -0.05) is 4.98 Å². The van der Waals surface area contributed by atoms with Gasteiger partial charge in [0.05, 0.1) is 20.0 Å². The van der Waals surface area contributed by atoms with E-state index in [0.29, 0.717) is 11.2 Å². The number of aliphatic carboxylic acids is 1. The third-order valence-corrected chi connectivity index (χ3v) is 2.40. The number of carboxylic acids is 1. The molecule has 0 spiro atoms. The molecule has 0 aliphatic carbocycles. The maximum absolute atomic E-state index is 11.6. The van der Waals surface area contributed by atoms with Gasteiger partial charge >= 0.3 is 11.6 Å². The Labute approximate surface area is 95.3 Å². The first-order valence-corrected chi connectivity index (χ1v) is 4.95. The molecule has 2 rings (SSSR count). The van der Waals surface area contributed by atoms with Gasteiger partial charge in [-0.05, 0) is 0 Å². The number of carboxylic acid groups (broad SMARTS) is 1. The highest BCUT2D eigenvalue weighted by Crippen LogP contribution is 2.02. The van der Waals surface area contributed by atoms with Crippen LogP contribution in [0.3, 0.4) is 0 Å². The zero-order valence-corrected chi connectivity index (χ0v) is 9.17. The number of anilines is 1. The van der Waals surface area contributed by atoms with E-state index in [1.54, 1.807) is 22.5 Å². The number of aromatic amines is 1. The van der Waals surface area contributed by atoms with Crippen molar-refractivity contribution in [2.24, 2.45) is 7.05 Å². The Balaban J connectivity index is 2.57. The van der Waals surface area contributed by atoms with E-state index < -0.39 is 5.97 Å². The predicted molar refractivity (Wildman–Crippen MR) is 58.2 cm³/mol. The molecule has 2 aromatic heterocycles. The lowest BCUT2D eigenvalue weighted by molar-refractivity contribution is -0.672. The number of H-pyrrole nitrogens is 1. The van der Waals surface area contributed by atoms with Crippen LogP contribution >= 0.6 is 0 Å². The molecule has 0 fully saturated rings. The highest BCUT2D eigenvalue weighted by atomic mass is 16.4. The number of aryl methyl sites for hydroxylation is 2. The molecule has 8 heteroatoms. The maximum atomic E-state index is 11.6. The number of nitrogens with one attached hydrogen (secondary N) is 1. The number of carbonyl (C=O) groups is 1. The molecule has 0 bridgehead atoms. The molecule has 0 radical (unpaired) electrons. The van der Waals surface area contributed by atoms with Crippen molar-refractivity contribution < 1.29 is 14.5 Å². The molecular formula is C9H12N5O3+. The lowest BCUT2D eigenvalue weighted by Gasteiger charge is -1.93. The monoisotopic (exact) mass is 238 g/mol. The second-order valence-electron chi connectivity index (χ2n) is 3.69. The zero-order valence-electron chi connectivity index (χ0n) is 9.17. The second-order valence-corrected chi connectivity index (χ2v) is 3.69. The smallest absolute Gasteiger partial charge is 0.311 e. The minimum absolute atomic E-state index is 0.0118. The quantitative estimate of drug-likeness (QED) is 0.569. The number of fused-ring (bicyclic) bond motifs is 1. The van der Waals surface area contributed by atoms with E-state index in [1.165, 1.54) is 0 Å². The number of nitrogens with two attached hydrogens (primary N) is 1. The number of aromatic nitrogens is 4. The summed E-state index contributed by atoms with van der Waals surface area (Å²) in [6.45, 7) is 0.239. The largest absolute Gasteiger partial charge is 0.481 e. The molecule has 0 atom stereocenters. The van der Waals surface area contributed by atoms with Crippen molar-refractivity contribution in [2.45, 2.75) is 13.0 Å². The molecule has 0 aromatic carbocycles. The average Bonchev–Trinajstić information content (AvgIpc) is 2.52. The van der Waals surface area contributed by atoms with Gasteiger partial charge in [-0.15, -0.1) is 0 Å². The van der Waals surface area contributed by atoms with Crippen molar-refractivity contribution in [3.63, 3.8) is 0 Å². The maximum Gasteiger partial charge on any atom is 0.311 e. The average molecular weight is 238 g/mol. The van der Waals surface area contributed by atoms with Gasteiger partial charge in [0.2, 0.25) is 5.52 Å². The number of rotatable bonds is 3. The number of imidazole rings is 1. The molecule has 0 unspecified atom stereocenters. The fourth-order valence-corrected chi connectivity index (χ4v) is 1.69. The minimum Gasteiger partial charge on any atom is -0.481 e. The Morgan fingerprint density at radius 2 is 2.41 bits per heavy atom. The van der Waals surface area contributed by atoms with Crippen LogP contribution in [0.15, 0.2) is 11.1 Å². The molecule has 2 heterocycles. The molecule has 0 saturated carbocycles. The molecule has 90 valence electrons. The van der Waals surface area contributed by atoms with E-state index in [9.17, 15) is 9.59 Å². The molecular weight excluding hydrogens is 226 g/mol. The summed E-state index contributed by atoms with van der Waals surface area (Å²) in [6.07, 6.45) is 1.58. The molecule has 17 heavy (non-hydrogen) atoms. The fraction of sp³-hybridized carbons (Fsp3) is 0.333. The van der Waals surface area contributed by atoms with Crippen LogP contribution in [0.5, 0.6) is 0 Å². The van der Waals surface area contributed by atoms with Crippen molar-refractivity contribution in [1.29, 1.82) is 0 Å². The first kappa shape index (κ1) is 11.1. The van der Waals surface area contributed by atoms with Crippen molar-refractivity contribution in [1.82, 2.24) is 14.5 Å². The number of nitrogen functional groups attached to an aromatic ring is 1. The van der Waals surface area contributed by atoms with Gasteiger partial charge in [0.1, 0.15) is 0 Å². The molecule has 4 N–H and O–H groups in total. The minimum atomic E-state index is -0.910. The second kappa shape index (κ2) is 3.89. The van der Waals surface area contributed by atoms with Crippen LogP contribution in [0, 0.1) is 0 Å².